The van der Waals surface area contributed by atoms with E-state index < -0.39 is 85.8 Å². The summed E-state index contributed by atoms with van der Waals surface area (Å²) in [5, 5.41) is 71.6. The summed E-state index contributed by atoms with van der Waals surface area (Å²) in [4.78, 5) is 12.6. The number of aliphatic hydroxyl groups is 7. The van der Waals surface area contributed by atoms with Gasteiger partial charge in [0.15, 0.2) is 6.29 Å². The third kappa shape index (κ3) is 4.21. The van der Waals surface area contributed by atoms with Gasteiger partial charge in [-0.2, -0.15) is 0 Å². The van der Waals surface area contributed by atoms with Crippen LogP contribution in [0.2, 0.25) is 0 Å². The van der Waals surface area contributed by atoms with E-state index in [0.29, 0.717) is 0 Å². The van der Waals surface area contributed by atoms with E-state index in [9.17, 15) is 40.5 Å². The SMILES string of the molecule is O=C(OC1C2C=COC(OC3OC(CO)C(O)C(O)C3O)C2C(O)(CO)C1O)c1ccccc1. The standard InChI is InChI=1S/C22H28O12/c23-8-12-14(25)15(26)16(27)21(32-12)34-20-13-11(6-7-31-20)17(18(28)22(13,30)9-24)33-19(29)10-4-2-1-3-5-10/h1-7,11-18,20-21,23-28,30H,8-9H2. The average Bonchev–Trinajstić information content (AvgIpc) is 3.07. The van der Waals surface area contributed by atoms with Crippen molar-refractivity contribution in [2.75, 3.05) is 13.2 Å². The molecule has 0 radical (unpaired) electrons. The van der Waals surface area contributed by atoms with Gasteiger partial charge in [-0.1, -0.05) is 18.2 Å². The summed E-state index contributed by atoms with van der Waals surface area (Å²) >= 11 is 0. The molecule has 2 aliphatic heterocycles. The van der Waals surface area contributed by atoms with E-state index in [4.69, 9.17) is 18.9 Å². The summed E-state index contributed by atoms with van der Waals surface area (Å²) in [7, 11) is 0. The van der Waals surface area contributed by atoms with Crippen LogP contribution < -0.4 is 0 Å². The van der Waals surface area contributed by atoms with Crippen LogP contribution in [-0.2, 0) is 18.9 Å². The van der Waals surface area contributed by atoms with Crippen molar-refractivity contribution < 1.29 is 59.5 Å². The number of hydrogen-bond acceptors (Lipinski definition) is 12. The Balaban J connectivity index is 1.57. The normalized spacial score (nSPS) is 43.7. The minimum absolute atomic E-state index is 0.218. The second-order valence-corrected chi connectivity index (χ2v) is 8.60. The van der Waals surface area contributed by atoms with Gasteiger partial charge in [0.1, 0.15) is 42.2 Å². The number of carbonyl (C=O) groups excluding carboxylic acids is 1. The van der Waals surface area contributed by atoms with E-state index in [1.165, 1.54) is 24.5 Å². The minimum Gasteiger partial charge on any atom is -0.472 e. The number of benzene rings is 1. The van der Waals surface area contributed by atoms with E-state index in [1.807, 2.05) is 0 Å². The Morgan fingerprint density at radius 1 is 1.00 bits per heavy atom. The molecule has 1 saturated carbocycles. The first kappa shape index (κ1) is 25.0. The van der Waals surface area contributed by atoms with Gasteiger partial charge in [-0.25, -0.2) is 4.79 Å². The highest BCUT2D eigenvalue weighted by molar-refractivity contribution is 5.89. The topological polar surface area (TPSA) is 196 Å². The molecule has 11 unspecified atom stereocenters. The molecule has 1 aromatic carbocycles. The van der Waals surface area contributed by atoms with E-state index in [1.54, 1.807) is 18.2 Å². The first-order valence-corrected chi connectivity index (χ1v) is 10.8. The number of carbonyl (C=O) groups is 1. The van der Waals surface area contributed by atoms with Crippen LogP contribution >= 0.6 is 0 Å². The monoisotopic (exact) mass is 484 g/mol. The van der Waals surface area contributed by atoms with Gasteiger partial charge in [-0.15, -0.1) is 0 Å². The van der Waals surface area contributed by atoms with Gasteiger partial charge >= 0.3 is 5.97 Å². The highest BCUT2D eigenvalue weighted by atomic mass is 16.8. The van der Waals surface area contributed by atoms with Crippen LogP contribution in [-0.4, -0.2) is 110 Å². The Morgan fingerprint density at radius 2 is 1.71 bits per heavy atom. The molecule has 0 amide bonds. The van der Waals surface area contributed by atoms with Crippen molar-refractivity contribution in [3.05, 3.63) is 48.2 Å². The average molecular weight is 484 g/mol. The van der Waals surface area contributed by atoms with Crippen LogP contribution in [0.15, 0.2) is 42.7 Å². The molecule has 188 valence electrons. The van der Waals surface area contributed by atoms with Crippen LogP contribution in [0.25, 0.3) is 0 Å². The van der Waals surface area contributed by atoms with Crippen molar-refractivity contribution in [3.8, 4) is 0 Å². The maximum absolute atomic E-state index is 12.6. The van der Waals surface area contributed by atoms with Crippen LogP contribution in [0.1, 0.15) is 10.4 Å². The smallest absolute Gasteiger partial charge is 0.338 e. The summed E-state index contributed by atoms with van der Waals surface area (Å²) in [6, 6.07) is 8.01. The van der Waals surface area contributed by atoms with Gasteiger partial charge in [0.25, 0.3) is 0 Å². The molecule has 12 nitrogen and oxygen atoms in total. The first-order chi connectivity index (χ1) is 16.2. The van der Waals surface area contributed by atoms with Gasteiger partial charge in [-0.05, 0) is 18.2 Å². The van der Waals surface area contributed by atoms with Gasteiger partial charge in [0.2, 0.25) is 6.29 Å². The molecule has 2 fully saturated rings. The number of fused-ring (bicyclic) bond motifs is 1. The molecule has 1 aliphatic carbocycles. The quantitative estimate of drug-likeness (QED) is 0.206. The van der Waals surface area contributed by atoms with Crippen molar-refractivity contribution in [2.45, 2.75) is 54.8 Å². The van der Waals surface area contributed by atoms with Gasteiger partial charge in [0.05, 0.1) is 31.0 Å². The second-order valence-electron chi connectivity index (χ2n) is 8.60. The predicted molar refractivity (Wildman–Crippen MR) is 110 cm³/mol. The molecule has 4 rings (SSSR count). The van der Waals surface area contributed by atoms with Crippen molar-refractivity contribution in [1.82, 2.24) is 0 Å². The Bertz CT molecular complexity index is 878. The highest BCUT2D eigenvalue weighted by Gasteiger charge is 2.65. The van der Waals surface area contributed by atoms with Crippen LogP contribution in [0.3, 0.4) is 0 Å². The maximum atomic E-state index is 12.6. The first-order valence-electron chi connectivity index (χ1n) is 10.8. The third-order valence-corrected chi connectivity index (χ3v) is 6.62. The summed E-state index contributed by atoms with van der Waals surface area (Å²) in [5.74, 6) is -2.82. The largest absolute Gasteiger partial charge is 0.472 e. The summed E-state index contributed by atoms with van der Waals surface area (Å²) in [6.07, 6.45) is -9.73. The zero-order valence-electron chi connectivity index (χ0n) is 17.9. The predicted octanol–water partition coefficient (Wildman–Crippen LogP) is -2.77. The molecule has 11 atom stereocenters. The second kappa shape index (κ2) is 9.85. The number of ether oxygens (including phenoxy) is 4. The van der Waals surface area contributed by atoms with Gasteiger partial charge < -0.3 is 54.7 Å². The number of hydrogen-bond donors (Lipinski definition) is 7. The van der Waals surface area contributed by atoms with E-state index in [2.05, 4.69) is 0 Å². The van der Waals surface area contributed by atoms with Gasteiger partial charge in [0, 0.05) is 5.92 Å². The van der Waals surface area contributed by atoms with Crippen LogP contribution in [0, 0.1) is 11.8 Å². The fourth-order valence-electron chi connectivity index (χ4n) is 4.71. The Morgan fingerprint density at radius 3 is 2.35 bits per heavy atom. The lowest BCUT2D eigenvalue weighted by molar-refractivity contribution is -0.348. The summed E-state index contributed by atoms with van der Waals surface area (Å²) in [6.45, 7) is -1.63. The zero-order valence-corrected chi connectivity index (χ0v) is 17.9. The number of esters is 1. The molecule has 12 heteroatoms. The fraction of sp³-hybridized carbons (Fsp3) is 0.591. The van der Waals surface area contributed by atoms with Crippen molar-refractivity contribution in [3.63, 3.8) is 0 Å². The van der Waals surface area contributed by atoms with Crippen molar-refractivity contribution in [1.29, 1.82) is 0 Å². The zero-order chi connectivity index (χ0) is 24.6. The molecule has 0 spiro atoms. The molecular formula is C22H28O12. The van der Waals surface area contributed by atoms with Crippen molar-refractivity contribution >= 4 is 5.97 Å². The minimum atomic E-state index is -2.24. The molecule has 1 saturated heterocycles. The van der Waals surface area contributed by atoms with Crippen molar-refractivity contribution in [2.24, 2.45) is 11.8 Å². The lowest BCUT2D eigenvalue weighted by Crippen LogP contribution is -2.61. The molecule has 7 N–H and O–H groups in total. The molecule has 3 aliphatic rings. The molecular weight excluding hydrogens is 456 g/mol. The lowest BCUT2D eigenvalue weighted by Gasteiger charge is -2.43. The third-order valence-electron chi connectivity index (χ3n) is 6.62. The molecule has 1 aromatic rings. The molecule has 34 heavy (non-hydrogen) atoms. The summed E-state index contributed by atoms with van der Waals surface area (Å²) < 4.78 is 21.9. The number of rotatable bonds is 6. The van der Waals surface area contributed by atoms with E-state index in [-0.39, 0.29) is 5.56 Å². The maximum Gasteiger partial charge on any atom is 0.338 e. The summed E-state index contributed by atoms with van der Waals surface area (Å²) in [5.41, 5.74) is -2.02. The Hall–Kier alpha value is -2.13. The van der Waals surface area contributed by atoms with E-state index >= 15 is 0 Å². The lowest BCUT2D eigenvalue weighted by atomic mass is 9.83. The fourth-order valence-corrected chi connectivity index (χ4v) is 4.71. The van der Waals surface area contributed by atoms with Crippen LogP contribution in [0.5, 0.6) is 0 Å². The van der Waals surface area contributed by atoms with Crippen LogP contribution in [0.4, 0.5) is 0 Å². The Kier molecular flexibility index (Phi) is 7.24. The molecule has 0 aromatic heterocycles. The number of aliphatic hydroxyl groups excluding tert-OH is 6. The van der Waals surface area contributed by atoms with Gasteiger partial charge in [-0.3, -0.25) is 0 Å². The highest BCUT2D eigenvalue weighted by Crippen LogP contribution is 2.48. The molecule has 0 bridgehead atoms. The Labute approximate surface area is 194 Å². The molecule has 2 heterocycles. The van der Waals surface area contributed by atoms with E-state index in [0.717, 1.165) is 0 Å².